The number of hydrogen-bond acceptors (Lipinski definition) is 4. The highest BCUT2D eigenvalue weighted by Gasteiger charge is 2.31. The second kappa shape index (κ2) is 6.34. The number of aromatic nitrogens is 4. The Morgan fingerprint density at radius 2 is 1.80 bits per heavy atom. The molecule has 1 amide bonds. The molecule has 1 aromatic heterocycles. The van der Waals surface area contributed by atoms with Gasteiger partial charge in [-0.05, 0) is 22.9 Å². The average Bonchev–Trinajstić information content (AvgIpc) is 3.04. The Hall–Kier alpha value is -3.23. The van der Waals surface area contributed by atoms with Crippen molar-refractivity contribution in [1.29, 1.82) is 0 Å². The van der Waals surface area contributed by atoms with Gasteiger partial charge in [-0.1, -0.05) is 42.5 Å². The van der Waals surface area contributed by atoms with Crippen LogP contribution in [0.2, 0.25) is 0 Å². The molecule has 2 aromatic carbocycles. The Morgan fingerprint density at radius 1 is 1.08 bits per heavy atom. The van der Waals surface area contributed by atoms with Gasteiger partial charge in [0.15, 0.2) is 6.04 Å². The van der Waals surface area contributed by atoms with E-state index in [-0.39, 0.29) is 11.4 Å². The molecule has 0 bridgehead atoms. The molecule has 1 heterocycles. The molecule has 0 saturated carbocycles. The highest BCUT2D eigenvalue weighted by atomic mass is 19.4. The first-order valence-corrected chi connectivity index (χ1v) is 7.17. The Morgan fingerprint density at radius 3 is 2.44 bits per heavy atom. The van der Waals surface area contributed by atoms with Crippen molar-refractivity contribution in [2.24, 2.45) is 5.73 Å². The first-order chi connectivity index (χ1) is 11.9. The molecule has 6 nitrogen and oxygen atoms in total. The van der Waals surface area contributed by atoms with Gasteiger partial charge >= 0.3 is 6.18 Å². The van der Waals surface area contributed by atoms with Gasteiger partial charge in [-0.25, -0.2) is 0 Å². The number of nitrogens with zero attached hydrogens (tertiary/aromatic N) is 4. The Kier molecular flexibility index (Phi) is 4.22. The fourth-order valence-corrected chi connectivity index (χ4v) is 2.33. The van der Waals surface area contributed by atoms with Gasteiger partial charge in [0.1, 0.15) is 0 Å². The van der Waals surface area contributed by atoms with Crippen LogP contribution in [0, 0.1) is 0 Å². The van der Waals surface area contributed by atoms with E-state index < -0.39 is 23.7 Å². The second-order valence-corrected chi connectivity index (χ2v) is 5.23. The summed E-state index contributed by atoms with van der Waals surface area (Å²) in [5.74, 6) is -0.743. The van der Waals surface area contributed by atoms with E-state index in [9.17, 15) is 18.0 Å². The van der Waals surface area contributed by atoms with Gasteiger partial charge < -0.3 is 5.73 Å². The predicted molar refractivity (Wildman–Crippen MR) is 82.0 cm³/mol. The normalized spacial score (nSPS) is 12.8. The molecule has 0 aliphatic heterocycles. The van der Waals surface area contributed by atoms with Crippen molar-refractivity contribution in [2.75, 3.05) is 0 Å². The molecule has 0 unspecified atom stereocenters. The zero-order valence-electron chi connectivity index (χ0n) is 12.7. The number of hydrogen-bond donors (Lipinski definition) is 1. The summed E-state index contributed by atoms with van der Waals surface area (Å²) in [6, 6.07) is 12.1. The lowest BCUT2D eigenvalue weighted by molar-refractivity contribution is -0.137. The quantitative estimate of drug-likeness (QED) is 0.785. The summed E-state index contributed by atoms with van der Waals surface area (Å²) in [5, 5.41) is 11.5. The molecular formula is C16H12F3N5O. The lowest BCUT2D eigenvalue weighted by atomic mass is 10.1. The summed E-state index contributed by atoms with van der Waals surface area (Å²) >= 11 is 0. The summed E-state index contributed by atoms with van der Waals surface area (Å²) in [7, 11) is 0. The van der Waals surface area contributed by atoms with Gasteiger partial charge in [0.25, 0.3) is 0 Å². The van der Waals surface area contributed by atoms with E-state index in [0.29, 0.717) is 5.56 Å². The second-order valence-electron chi connectivity index (χ2n) is 5.23. The number of alkyl halides is 3. The number of amides is 1. The van der Waals surface area contributed by atoms with Crippen LogP contribution in [0.4, 0.5) is 13.2 Å². The van der Waals surface area contributed by atoms with E-state index in [0.717, 1.165) is 16.9 Å². The van der Waals surface area contributed by atoms with Crippen molar-refractivity contribution < 1.29 is 18.0 Å². The van der Waals surface area contributed by atoms with Crippen molar-refractivity contribution in [3.8, 4) is 11.4 Å². The van der Waals surface area contributed by atoms with Gasteiger partial charge in [-0.3, -0.25) is 4.79 Å². The maximum atomic E-state index is 12.8. The average molecular weight is 347 g/mol. The number of rotatable bonds is 4. The Bertz CT molecular complexity index is 892. The summed E-state index contributed by atoms with van der Waals surface area (Å²) < 4.78 is 38.5. The fourth-order valence-electron chi connectivity index (χ4n) is 2.33. The van der Waals surface area contributed by atoms with E-state index >= 15 is 0 Å². The predicted octanol–water partition coefficient (Wildman–Crippen LogP) is 2.43. The number of benzene rings is 2. The Balaban J connectivity index is 1.98. The third kappa shape index (κ3) is 3.49. The van der Waals surface area contributed by atoms with Crippen LogP contribution < -0.4 is 5.73 Å². The standard InChI is InChI=1S/C16H12F3N5O/c17-16(18,19)12-8-4-7-11(9-12)15-21-23-24(22-15)13(14(20)25)10-5-2-1-3-6-10/h1-9,13H,(H2,20,25)/t13-/m0/s1. The topological polar surface area (TPSA) is 86.7 Å². The third-order valence-electron chi connectivity index (χ3n) is 3.49. The van der Waals surface area contributed by atoms with Crippen LogP contribution in [0.3, 0.4) is 0 Å². The molecular weight excluding hydrogens is 335 g/mol. The van der Waals surface area contributed by atoms with Crippen molar-refractivity contribution in [3.63, 3.8) is 0 Å². The van der Waals surface area contributed by atoms with Crippen molar-refractivity contribution in [2.45, 2.75) is 12.2 Å². The maximum absolute atomic E-state index is 12.8. The van der Waals surface area contributed by atoms with Gasteiger partial charge in [0.05, 0.1) is 5.56 Å². The van der Waals surface area contributed by atoms with Gasteiger partial charge in [0, 0.05) is 5.56 Å². The van der Waals surface area contributed by atoms with E-state index in [1.807, 2.05) is 0 Å². The lowest BCUT2D eigenvalue weighted by Gasteiger charge is -2.11. The van der Waals surface area contributed by atoms with E-state index in [2.05, 4.69) is 15.4 Å². The van der Waals surface area contributed by atoms with Crippen LogP contribution in [0.25, 0.3) is 11.4 Å². The number of nitrogens with two attached hydrogens (primary N) is 1. The monoisotopic (exact) mass is 347 g/mol. The maximum Gasteiger partial charge on any atom is 0.416 e. The molecule has 128 valence electrons. The smallest absolute Gasteiger partial charge is 0.367 e. The molecule has 0 spiro atoms. The molecule has 1 atom stereocenters. The molecule has 2 N–H and O–H groups in total. The summed E-state index contributed by atoms with van der Waals surface area (Å²) in [5.41, 5.74) is 5.27. The van der Waals surface area contributed by atoms with Crippen LogP contribution in [0.15, 0.2) is 54.6 Å². The molecule has 25 heavy (non-hydrogen) atoms. The molecule has 0 fully saturated rings. The minimum atomic E-state index is -4.48. The first-order valence-electron chi connectivity index (χ1n) is 7.17. The number of halogens is 3. The number of carbonyl (C=O) groups excluding carboxylic acids is 1. The third-order valence-corrected chi connectivity index (χ3v) is 3.49. The van der Waals surface area contributed by atoms with E-state index in [4.69, 9.17) is 5.73 Å². The summed E-state index contributed by atoms with van der Waals surface area (Å²) in [6.07, 6.45) is -4.48. The minimum absolute atomic E-state index is 0.0340. The molecule has 0 saturated heterocycles. The molecule has 0 aliphatic carbocycles. The zero-order chi connectivity index (χ0) is 18.0. The number of carbonyl (C=O) groups is 1. The summed E-state index contributed by atoms with van der Waals surface area (Å²) in [4.78, 5) is 12.8. The van der Waals surface area contributed by atoms with E-state index in [1.165, 1.54) is 12.1 Å². The van der Waals surface area contributed by atoms with Gasteiger partial charge in [-0.2, -0.15) is 13.2 Å². The molecule has 3 aromatic rings. The van der Waals surface area contributed by atoms with Gasteiger partial charge in [-0.15, -0.1) is 15.0 Å². The number of tetrazole rings is 1. The lowest BCUT2D eigenvalue weighted by Crippen LogP contribution is -2.29. The first kappa shape index (κ1) is 16.6. The molecule has 0 aliphatic rings. The van der Waals surface area contributed by atoms with Crippen molar-refractivity contribution in [1.82, 2.24) is 20.2 Å². The van der Waals surface area contributed by atoms with Crippen LogP contribution in [-0.4, -0.2) is 26.1 Å². The minimum Gasteiger partial charge on any atom is -0.367 e. The summed E-state index contributed by atoms with van der Waals surface area (Å²) in [6.45, 7) is 0. The Labute approximate surface area is 140 Å². The van der Waals surface area contributed by atoms with Crippen LogP contribution >= 0.6 is 0 Å². The largest absolute Gasteiger partial charge is 0.416 e. The molecule has 0 radical (unpaired) electrons. The van der Waals surface area contributed by atoms with Crippen LogP contribution in [-0.2, 0) is 11.0 Å². The van der Waals surface area contributed by atoms with Gasteiger partial charge in [0.2, 0.25) is 11.7 Å². The number of primary amides is 1. The SMILES string of the molecule is NC(=O)[C@H](c1ccccc1)n1nnc(-c2cccc(C(F)(F)F)c2)n1. The highest BCUT2D eigenvalue weighted by molar-refractivity contribution is 5.81. The van der Waals surface area contributed by atoms with Crippen molar-refractivity contribution >= 4 is 5.91 Å². The highest BCUT2D eigenvalue weighted by Crippen LogP contribution is 2.31. The molecule has 3 rings (SSSR count). The zero-order valence-corrected chi connectivity index (χ0v) is 12.7. The van der Waals surface area contributed by atoms with Crippen molar-refractivity contribution in [3.05, 3.63) is 65.7 Å². The molecule has 9 heteroatoms. The fraction of sp³-hybridized carbons (Fsp3) is 0.125. The van der Waals surface area contributed by atoms with Crippen LogP contribution in [0.5, 0.6) is 0 Å². The van der Waals surface area contributed by atoms with E-state index in [1.54, 1.807) is 30.3 Å². The van der Waals surface area contributed by atoms with Crippen LogP contribution in [0.1, 0.15) is 17.2 Å².